The van der Waals surface area contributed by atoms with E-state index in [2.05, 4.69) is 36.5 Å². The van der Waals surface area contributed by atoms with Crippen LogP contribution in [-0.4, -0.2) is 4.92 Å². The molecule has 2 rings (SSSR count). The number of benzene rings is 2. The van der Waals surface area contributed by atoms with Crippen LogP contribution in [0, 0.1) is 10.1 Å². The van der Waals surface area contributed by atoms with Gasteiger partial charge in [-0.3, -0.25) is 10.1 Å². The van der Waals surface area contributed by atoms with E-state index in [4.69, 9.17) is 11.6 Å². The number of aryl methyl sites for hydroxylation is 1. The van der Waals surface area contributed by atoms with Crippen LogP contribution in [0.2, 0.25) is 5.02 Å². The van der Waals surface area contributed by atoms with E-state index in [1.54, 1.807) is 6.07 Å². The largest absolute Gasteiger partial charge is 0.380 e. The third-order valence-corrected chi connectivity index (χ3v) is 3.39. The first-order valence-corrected chi connectivity index (χ1v) is 6.73. The number of nitro benzene ring substituents is 1. The molecule has 0 spiro atoms. The first kappa shape index (κ1) is 14.3. The molecule has 0 aliphatic carbocycles. The van der Waals surface area contributed by atoms with Gasteiger partial charge in [0.25, 0.3) is 5.69 Å². The molecule has 0 aromatic heterocycles. The zero-order valence-electron chi connectivity index (χ0n) is 11.1. The number of hydrogen-bond acceptors (Lipinski definition) is 3. The Balaban J connectivity index is 2.04. The molecule has 0 saturated carbocycles. The predicted octanol–water partition coefficient (Wildman–Crippen LogP) is 4.42. The van der Waals surface area contributed by atoms with Gasteiger partial charge in [0.15, 0.2) is 0 Å². The molecule has 104 valence electrons. The molecule has 0 atom stereocenters. The van der Waals surface area contributed by atoms with E-state index in [0.29, 0.717) is 17.3 Å². The van der Waals surface area contributed by atoms with Crippen LogP contribution in [0.25, 0.3) is 0 Å². The van der Waals surface area contributed by atoms with Crippen molar-refractivity contribution in [2.75, 3.05) is 5.32 Å². The highest BCUT2D eigenvalue weighted by Crippen LogP contribution is 2.27. The number of nitrogens with one attached hydrogen (secondary N) is 1. The van der Waals surface area contributed by atoms with Crippen LogP contribution in [-0.2, 0) is 13.0 Å². The van der Waals surface area contributed by atoms with Gasteiger partial charge in [-0.05, 0) is 23.6 Å². The van der Waals surface area contributed by atoms with Crippen molar-refractivity contribution in [1.29, 1.82) is 0 Å². The third kappa shape index (κ3) is 3.48. The molecule has 20 heavy (non-hydrogen) atoms. The van der Waals surface area contributed by atoms with Crippen LogP contribution in [0.1, 0.15) is 18.1 Å². The maximum atomic E-state index is 10.6. The molecular formula is C15H15ClN2O2. The molecule has 0 aliphatic rings. The molecule has 0 fully saturated rings. The second-order valence-corrected chi connectivity index (χ2v) is 4.85. The topological polar surface area (TPSA) is 55.2 Å². The number of anilines is 1. The molecule has 0 heterocycles. The summed E-state index contributed by atoms with van der Waals surface area (Å²) >= 11 is 6.02. The summed E-state index contributed by atoms with van der Waals surface area (Å²) < 4.78 is 0. The first-order chi connectivity index (χ1) is 9.60. The molecule has 0 aliphatic heterocycles. The van der Waals surface area contributed by atoms with Crippen molar-refractivity contribution < 1.29 is 4.92 Å². The van der Waals surface area contributed by atoms with E-state index in [1.165, 1.54) is 17.7 Å². The standard InChI is InChI=1S/C15H15ClN2O2/c1-2-11-3-5-12(6-4-11)10-17-15-8-7-13(18(19)20)9-14(15)16/h3-9,17H,2,10H2,1H3. The Bertz CT molecular complexity index is 612. The fourth-order valence-electron chi connectivity index (χ4n) is 1.85. The molecule has 0 amide bonds. The lowest BCUT2D eigenvalue weighted by Crippen LogP contribution is -2.00. The van der Waals surface area contributed by atoms with Gasteiger partial charge in [-0.2, -0.15) is 0 Å². The Morgan fingerprint density at radius 1 is 1.15 bits per heavy atom. The van der Waals surface area contributed by atoms with E-state index in [0.717, 1.165) is 12.0 Å². The second kappa shape index (κ2) is 6.39. The zero-order chi connectivity index (χ0) is 14.5. The quantitative estimate of drug-likeness (QED) is 0.655. The maximum Gasteiger partial charge on any atom is 0.271 e. The first-order valence-electron chi connectivity index (χ1n) is 6.35. The summed E-state index contributed by atoms with van der Waals surface area (Å²) in [6.45, 7) is 2.74. The Morgan fingerprint density at radius 3 is 2.35 bits per heavy atom. The van der Waals surface area contributed by atoms with Crippen LogP contribution < -0.4 is 5.32 Å². The number of non-ortho nitro benzene ring substituents is 1. The highest BCUT2D eigenvalue weighted by atomic mass is 35.5. The fourth-order valence-corrected chi connectivity index (χ4v) is 2.09. The minimum Gasteiger partial charge on any atom is -0.380 e. The fraction of sp³-hybridized carbons (Fsp3) is 0.200. The van der Waals surface area contributed by atoms with Crippen LogP contribution in [0.4, 0.5) is 11.4 Å². The highest BCUT2D eigenvalue weighted by Gasteiger charge is 2.08. The van der Waals surface area contributed by atoms with Crippen molar-refractivity contribution >= 4 is 23.0 Å². The van der Waals surface area contributed by atoms with Gasteiger partial charge in [0.1, 0.15) is 0 Å². The molecule has 0 saturated heterocycles. The summed E-state index contributed by atoms with van der Waals surface area (Å²) in [6, 6.07) is 12.7. The smallest absolute Gasteiger partial charge is 0.271 e. The molecule has 0 bridgehead atoms. The number of rotatable bonds is 5. The molecule has 2 aromatic carbocycles. The molecule has 1 N–H and O–H groups in total. The normalized spacial score (nSPS) is 10.3. The van der Waals surface area contributed by atoms with Gasteiger partial charge in [0.2, 0.25) is 0 Å². The SMILES string of the molecule is CCc1ccc(CNc2ccc([N+](=O)[O-])cc2Cl)cc1. The van der Waals surface area contributed by atoms with Crippen molar-refractivity contribution in [1.82, 2.24) is 0 Å². The molecule has 2 aromatic rings. The van der Waals surface area contributed by atoms with Gasteiger partial charge in [-0.25, -0.2) is 0 Å². The minimum absolute atomic E-state index is 0.00662. The minimum atomic E-state index is -0.459. The molecular weight excluding hydrogens is 276 g/mol. The lowest BCUT2D eigenvalue weighted by molar-refractivity contribution is -0.384. The molecule has 5 heteroatoms. The van der Waals surface area contributed by atoms with Crippen molar-refractivity contribution in [2.24, 2.45) is 0 Å². The highest BCUT2D eigenvalue weighted by molar-refractivity contribution is 6.33. The van der Waals surface area contributed by atoms with E-state index in [-0.39, 0.29) is 5.69 Å². The molecule has 4 nitrogen and oxygen atoms in total. The van der Waals surface area contributed by atoms with Crippen LogP contribution in [0.15, 0.2) is 42.5 Å². The van der Waals surface area contributed by atoms with Gasteiger partial charge < -0.3 is 5.32 Å². The van der Waals surface area contributed by atoms with Crippen LogP contribution >= 0.6 is 11.6 Å². The average Bonchev–Trinajstić information content (AvgIpc) is 2.46. The van der Waals surface area contributed by atoms with E-state index in [9.17, 15) is 10.1 Å². The van der Waals surface area contributed by atoms with E-state index in [1.807, 2.05) is 0 Å². The van der Waals surface area contributed by atoms with Gasteiger partial charge in [-0.1, -0.05) is 42.8 Å². The second-order valence-electron chi connectivity index (χ2n) is 4.44. The Morgan fingerprint density at radius 2 is 1.80 bits per heavy atom. The lowest BCUT2D eigenvalue weighted by Gasteiger charge is -2.08. The molecule has 0 unspecified atom stereocenters. The number of halogens is 1. The van der Waals surface area contributed by atoms with Crippen molar-refractivity contribution in [2.45, 2.75) is 19.9 Å². The van der Waals surface area contributed by atoms with Crippen molar-refractivity contribution in [3.05, 3.63) is 68.7 Å². The summed E-state index contributed by atoms with van der Waals surface area (Å²) in [4.78, 5) is 10.2. The maximum absolute atomic E-state index is 10.6. The monoisotopic (exact) mass is 290 g/mol. The summed E-state index contributed by atoms with van der Waals surface area (Å²) in [5.74, 6) is 0. The summed E-state index contributed by atoms with van der Waals surface area (Å²) in [5.41, 5.74) is 3.11. The van der Waals surface area contributed by atoms with Gasteiger partial charge >= 0.3 is 0 Å². The van der Waals surface area contributed by atoms with Gasteiger partial charge in [0.05, 0.1) is 15.6 Å². The van der Waals surface area contributed by atoms with Gasteiger partial charge in [-0.15, -0.1) is 0 Å². The Labute approximate surface area is 122 Å². The molecule has 0 radical (unpaired) electrons. The summed E-state index contributed by atoms with van der Waals surface area (Å²) in [5, 5.41) is 14.2. The average molecular weight is 291 g/mol. The lowest BCUT2D eigenvalue weighted by atomic mass is 10.1. The van der Waals surface area contributed by atoms with Crippen molar-refractivity contribution in [3.63, 3.8) is 0 Å². The van der Waals surface area contributed by atoms with Crippen LogP contribution in [0.5, 0.6) is 0 Å². The van der Waals surface area contributed by atoms with Crippen LogP contribution in [0.3, 0.4) is 0 Å². The number of hydrogen-bond donors (Lipinski definition) is 1. The zero-order valence-corrected chi connectivity index (χ0v) is 11.9. The van der Waals surface area contributed by atoms with Crippen molar-refractivity contribution in [3.8, 4) is 0 Å². The Hall–Kier alpha value is -2.07. The summed E-state index contributed by atoms with van der Waals surface area (Å²) in [7, 11) is 0. The number of nitro groups is 1. The van der Waals surface area contributed by atoms with Gasteiger partial charge in [0, 0.05) is 18.7 Å². The summed E-state index contributed by atoms with van der Waals surface area (Å²) in [6.07, 6.45) is 1.02. The third-order valence-electron chi connectivity index (χ3n) is 3.08. The Kier molecular flexibility index (Phi) is 4.58. The van der Waals surface area contributed by atoms with E-state index >= 15 is 0 Å². The van der Waals surface area contributed by atoms with E-state index < -0.39 is 4.92 Å². The predicted molar refractivity (Wildman–Crippen MR) is 81.3 cm³/mol. The number of nitrogens with zero attached hydrogens (tertiary/aromatic N) is 1.